The zero-order valence-corrected chi connectivity index (χ0v) is 16.4. The molecule has 32 heavy (non-hydrogen) atoms. The molecule has 0 radical (unpaired) electrons. The van der Waals surface area contributed by atoms with Crippen LogP contribution < -0.4 is 9.64 Å². The van der Waals surface area contributed by atoms with E-state index < -0.39 is 29.7 Å². The molecule has 1 unspecified atom stereocenters. The number of aromatic nitrogens is 2. The van der Waals surface area contributed by atoms with E-state index in [1.165, 1.54) is 24.3 Å². The lowest BCUT2D eigenvalue weighted by atomic mass is 9.89. The molecule has 0 amide bonds. The van der Waals surface area contributed by atoms with E-state index in [9.17, 15) is 26.3 Å². The summed E-state index contributed by atoms with van der Waals surface area (Å²) >= 11 is 0. The second-order valence-corrected chi connectivity index (χ2v) is 6.97. The summed E-state index contributed by atoms with van der Waals surface area (Å²) < 4.78 is 84.5. The van der Waals surface area contributed by atoms with Crippen molar-refractivity contribution in [2.75, 3.05) is 12.0 Å². The molecule has 1 aliphatic heterocycles. The van der Waals surface area contributed by atoms with Gasteiger partial charge in [0.25, 0.3) is 0 Å². The van der Waals surface area contributed by atoms with Crippen molar-refractivity contribution in [3.8, 4) is 5.75 Å². The van der Waals surface area contributed by atoms with Crippen molar-refractivity contribution in [2.45, 2.75) is 18.4 Å². The molecule has 0 bridgehead atoms. The van der Waals surface area contributed by atoms with Gasteiger partial charge in [0, 0.05) is 17.8 Å². The van der Waals surface area contributed by atoms with E-state index in [4.69, 9.17) is 4.74 Å². The molecule has 0 spiro atoms. The number of fused-ring (bicyclic) bond motifs is 1. The number of methoxy groups -OCH3 is 1. The average molecular weight is 451 g/mol. The first-order chi connectivity index (χ1) is 15.1. The Labute approximate surface area is 178 Å². The smallest absolute Gasteiger partial charge is 0.433 e. The number of alkyl halides is 6. The Balaban J connectivity index is 1.90. The maximum Gasteiger partial charge on any atom is 0.433 e. The average Bonchev–Trinajstić information content (AvgIpc) is 2.77. The minimum atomic E-state index is -4.68. The monoisotopic (exact) mass is 451 g/mol. The molecule has 0 aliphatic carbocycles. The zero-order valence-electron chi connectivity index (χ0n) is 16.4. The van der Waals surface area contributed by atoms with E-state index in [1.807, 2.05) is 0 Å². The van der Waals surface area contributed by atoms with Crippen molar-refractivity contribution >= 4 is 11.9 Å². The van der Waals surface area contributed by atoms with Gasteiger partial charge in [-0.2, -0.15) is 26.3 Å². The number of anilines is 1. The number of hydrogen-bond acceptors (Lipinski definition) is 4. The van der Waals surface area contributed by atoms with Gasteiger partial charge in [0.15, 0.2) is 0 Å². The molecule has 3 aromatic rings. The summed E-state index contributed by atoms with van der Waals surface area (Å²) in [7, 11) is 1.24. The molecule has 4 nitrogen and oxygen atoms in total. The Morgan fingerprint density at radius 2 is 1.62 bits per heavy atom. The lowest BCUT2D eigenvalue weighted by Gasteiger charge is -2.35. The lowest BCUT2D eigenvalue weighted by molar-refractivity contribution is -0.141. The summed E-state index contributed by atoms with van der Waals surface area (Å²) in [4.78, 5) is 8.71. The third kappa shape index (κ3) is 4.00. The summed E-state index contributed by atoms with van der Waals surface area (Å²) in [5.74, 6) is -0.116. The second kappa shape index (κ2) is 7.85. The van der Waals surface area contributed by atoms with Gasteiger partial charge < -0.3 is 9.64 Å². The molecule has 1 aromatic heterocycles. The predicted octanol–water partition coefficient (Wildman–Crippen LogP) is 6.10. The molecule has 0 N–H and O–H groups in total. The van der Waals surface area contributed by atoms with Gasteiger partial charge >= 0.3 is 12.4 Å². The molecule has 0 fully saturated rings. The fourth-order valence-corrected chi connectivity index (χ4v) is 3.59. The standard InChI is InChI=1S/C22H15F6N3O/c1-32-17-10-14(21(23,24)25)6-7-16(17)20-15-5-3-2-4-13(15)8-9-31(20)19-11-18(22(26,27)28)29-12-30-19/h2-12,20H,1H3. The van der Waals surface area contributed by atoms with Crippen LogP contribution in [0.4, 0.5) is 32.2 Å². The predicted molar refractivity (Wildman–Crippen MR) is 105 cm³/mol. The van der Waals surface area contributed by atoms with Crippen molar-refractivity contribution in [1.29, 1.82) is 0 Å². The van der Waals surface area contributed by atoms with Gasteiger partial charge in [-0.3, -0.25) is 0 Å². The van der Waals surface area contributed by atoms with Gasteiger partial charge in [0.2, 0.25) is 0 Å². The fraction of sp³-hybridized carbons (Fsp3) is 0.182. The van der Waals surface area contributed by atoms with Gasteiger partial charge in [-0.15, -0.1) is 0 Å². The maximum absolute atomic E-state index is 13.2. The van der Waals surface area contributed by atoms with Gasteiger partial charge in [-0.1, -0.05) is 30.3 Å². The molecular weight excluding hydrogens is 436 g/mol. The highest BCUT2D eigenvalue weighted by Crippen LogP contribution is 2.43. The van der Waals surface area contributed by atoms with Gasteiger partial charge in [0.05, 0.1) is 18.7 Å². The van der Waals surface area contributed by atoms with Crippen molar-refractivity contribution in [2.24, 2.45) is 0 Å². The van der Waals surface area contributed by atoms with Crippen LogP contribution in [0.2, 0.25) is 0 Å². The quantitative estimate of drug-likeness (QED) is 0.451. The van der Waals surface area contributed by atoms with E-state index in [0.717, 1.165) is 30.1 Å². The summed E-state index contributed by atoms with van der Waals surface area (Å²) in [6.07, 6.45) is -5.24. The van der Waals surface area contributed by atoms with Crippen molar-refractivity contribution in [3.63, 3.8) is 0 Å². The minimum absolute atomic E-state index is 0.0509. The minimum Gasteiger partial charge on any atom is -0.496 e. The van der Waals surface area contributed by atoms with E-state index in [2.05, 4.69) is 9.97 Å². The molecule has 1 atom stereocenters. The Morgan fingerprint density at radius 3 is 2.31 bits per heavy atom. The first-order valence-corrected chi connectivity index (χ1v) is 9.29. The van der Waals surface area contributed by atoms with Crippen LogP contribution in [0.1, 0.15) is 34.0 Å². The molecule has 1 aliphatic rings. The second-order valence-electron chi connectivity index (χ2n) is 6.97. The number of benzene rings is 2. The number of ether oxygens (including phenoxy) is 1. The highest BCUT2D eigenvalue weighted by Gasteiger charge is 2.36. The SMILES string of the molecule is COc1cc(C(F)(F)F)ccc1C1c2ccccc2C=CN1c1cc(C(F)(F)F)ncn1. The van der Waals surface area contributed by atoms with Crippen molar-refractivity contribution < 1.29 is 31.1 Å². The highest BCUT2D eigenvalue weighted by molar-refractivity contribution is 5.68. The van der Waals surface area contributed by atoms with Crippen LogP contribution in [0.15, 0.2) is 61.1 Å². The summed E-state index contributed by atoms with van der Waals surface area (Å²) in [5.41, 5.74) is -0.260. The molecule has 2 aromatic carbocycles. The highest BCUT2D eigenvalue weighted by atomic mass is 19.4. The molecule has 0 saturated carbocycles. The maximum atomic E-state index is 13.2. The molecule has 0 saturated heterocycles. The van der Waals surface area contributed by atoms with Crippen LogP contribution in [-0.2, 0) is 12.4 Å². The Bertz CT molecular complexity index is 1170. The van der Waals surface area contributed by atoms with Crippen molar-refractivity contribution in [1.82, 2.24) is 9.97 Å². The van der Waals surface area contributed by atoms with E-state index in [1.54, 1.807) is 30.3 Å². The van der Waals surface area contributed by atoms with E-state index >= 15 is 0 Å². The summed E-state index contributed by atoms with van der Waals surface area (Å²) in [6.45, 7) is 0. The third-order valence-electron chi connectivity index (χ3n) is 5.05. The molecule has 10 heteroatoms. The normalized spacial score (nSPS) is 16.1. The zero-order chi connectivity index (χ0) is 23.1. The van der Waals surface area contributed by atoms with E-state index in [-0.39, 0.29) is 11.6 Å². The summed E-state index contributed by atoms with van der Waals surface area (Å²) in [6, 6.07) is 10.1. The molecule has 4 rings (SSSR count). The largest absolute Gasteiger partial charge is 0.496 e. The third-order valence-corrected chi connectivity index (χ3v) is 5.05. The lowest BCUT2D eigenvalue weighted by Crippen LogP contribution is -2.29. The number of rotatable bonds is 3. The van der Waals surface area contributed by atoms with Gasteiger partial charge in [-0.05, 0) is 29.3 Å². The Kier molecular flexibility index (Phi) is 5.31. The topological polar surface area (TPSA) is 38.2 Å². The number of hydrogen-bond donors (Lipinski definition) is 0. The fourth-order valence-electron chi connectivity index (χ4n) is 3.59. The van der Waals surface area contributed by atoms with Crippen LogP contribution in [-0.4, -0.2) is 17.1 Å². The molecular formula is C22H15F6N3O. The van der Waals surface area contributed by atoms with Gasteiger partial charge in [-0.25, -0.2) is 9.97 Å². The Hall–Kier alpha value is -3.56. The van der Waals surface area contributed by atoms with Crippen molar-refractivity contribution in [3.05, 3.63) is 89.0 Å². The van der Waals surface area contributed by atoms with Crippen LogP contribution in [0.3, 0.4) is 0 Å². The van der Waals surface area contributed by atoms with E-state index in [0.29, 0.717) is 11.1 Å². The number of nitrogens with zero attached hydrogens (tertiary/aromatic N) is 3. The van der Waals surface area contributed by atoms with Crippen LogP contribution >= 0.6 is 0 Å². The first kappa shape index (κ1) is 21.7. The first-order valence-electron chi connectivity index (χ1n) is 9.29. The summed E-state index contributed by atoms with van der Waals surface area (Å²) in [5, 5.41) is 0. The van der Waals surface area contributed by atoms with Crippen LogP contribution in [0.5, 0.6) is 5.75 Å². The van der Waals surface area contributed by atoms with Crippen LogP contribution in [0, 0.1) is 0 Å². The van der Waals surface area contributed by atoms with Gasteiger partial charge in [0.1, 0.15) is 23.6 Å². The van der Waals surface area contributed by atoms with Crippen LogP contribution in [0.25, 0.3) is 6.08 Å². The molecule has 2 heterocycles. The Morgan fingerprint density at radius 1 is 0.875 bits per heavy atom. The number of halogens is 6. The molecule has 166 valence electrons.